The maximum absolute atomic E-state index is 13.2. The molecule has 0 bridgehead atoms. The molecular formula is C23H20Cl3N5OS. The molecule has 2 aromatic carbocycles. The summed E-state index contributed by atoms with van der Waals surface area (Å²) in [7, 11) is 0. The number of thioether (sulfide) groups is 1. The van der Waals surface area contributed by atoms with Crippen molar-refractivity contribution in [2.45, 2.75) is 30.8 Å². The lowest BCUT2D eigenvalue weighted by molar-refractivity contribution is 0.0985. The predicted octanol–water partition coefficient (Wildman–Crippen LogP) is 6.27. The van der Waals surface area contributed by atoms with Crippen LogP contribution < -0.4 is 15.5 Å². The van der Waals surface area contributed by atoms with Gasteiger partial charge in [-0.2, -0.15) is 0 Å². The number of carbonyl (C=O) groups excluding carboxylic acids is 1. The third kappa shape index (κ3) is 4.29. The number of anilines is 3. The molecule has 3 aromatic rings. The molecule has 0 saturated carbocycles. The first-order chi connectivity index (χ1) is 15.7. The van der Waals surface area contributed by atoms with Crippen molar-refractivity contribution in [2.24, 2.45) is 0 Å². The van der Waals surface area contributed by atoms with Crippen molar-refractivity contribution < 1.29 is 4.79 Å². The second-order valence-electron chi connectivity index (χ2n) is 8.44. The van der Waals surface area contributed by atoms with Gasteiger partial charge in [0.2, 0.25) is 5.95 Å². The highest BCUT2D eigenvalue weighted by molar-refractivity contribution is 7.99. The first-order valence-electron chi connectivity index (χ1n) is 10.3. The molecule has 170 valence electrons. The van der Waals surface area contributed by atoms with Gasteiger partial charge in [0, 0.05) is 22.4 Å². The van der Waals surface area contributed by atoms with Crippen molar-refractivity contribution in [3.8, 4) is 0 Å². The molecule has 6 nitrogen and oxygen atoms in total. The number of hydrogen-bond donors (Lipinski definition) is 2. The Morgan fingerprint density at radius 2 is 1.91 bits per heavy atom. The maximum Gasteiger partial charge on any atom is 0.263 e. The monoisotopic (exact) mass is 519 g/mol. The van der Waals surface area contributed by atoms with Crippen LogP contribution in [0.25, 0.3) is 0 Å². The van der Waals surface area contributed by atoms with E-state index in [-0.39, 0.29) is 11.4 Å². The van der Waals surface area contributed by atoms with E-state index < -0.39 is 0 Å². The largest absolute Gasteiger partial charge is 0.324 e. The zero-order valence-electron chi connectivity index (χ0n) is 17.9. The number of benzene rings is 2. The molecule has 0 aliphatic carbocycles. The molecule has 0 radical (unpaired) electrons. The van der Waals surface area contributed by atoms with Crippen molar-refractivity contribution >= 4 is 69.8 Å². The number of halogens is 3. The van der Waals surface area contributed by atoms with Gasteiger partial charge in [-0.1, -0.05) is 52.6 Å². The molecule has 10 heteroatoms. The van der Waals surface area contributed by atoms with Gasteiger partial charge in [-0.25, -0.2) is 9.97 Å². The van der Waals surface area contributed by atoms with Crippen LogP contribution in [-0.2, 0) is 12.0 Å². The van der Waals surface area contributed by atoms with Gasteiger partial charge in [-0.15, -0.1) is 0 Å². The van der Waals surface area contributed by atoms with Crippen LogP contribution >= 0.6 is 46.6 Å². The van der Waals surface area contributed by atoms with Gasteiger partial charge in [0.15, 0.2) is 0 Å². The molecular weight excluding hydrogens is 501 g/mol. The summed E-state index contributed by atoms with van der Waals surface area (Å²) in [6.07, 6.45) is 2.50. The van der Waals surface area contributed by atoms with Crippen LogP contribution in [0.2, 0.25) is 15.1 Å². The van der Waals surface area contributed by atoms with E-state index in [1.165, 1.54) is 34.0 Å². The lowest BCUT2D eigenvalue weighted by Gasteiger charge is -2.34. The van der Waals surface area contributed by atoms with E-state index in [9.17, 15) is 4.79 Å². The van der Waals surface area contributed by atoms with Crippen LogP contribution in [0.15, 0.2) is 41.6 Å². The summed E-state index contributed by atoms with van der Waals surface area (Å²) in [6, 6.07) is 9.44. The van der Waals surface area contributed by atoms with Crippen LogP contribution in [0, 0.1) is 0 Å². The van der Waals surface area contributed by atoms with E-state index in [1.807, 2.05) is 6.07 Å². The summed E-state index contributed by atoms with van der Waals surface area (Å²) in [5.41, 5.74) is 4.30. The minimum atomic E-state index is -0.259. The van der Waals surface area contributed by atoms with Gasteiger partial charge < -0.3 is 10.6 Å². The van der Waals surface area contributed by atoms with Crippen molar-refractivity contribution in [3.05, 3.63) is 68.3 Å². The molecule has 0 saturated heterocycles. The van der Waals surface area contributed by atoms with E-state index in [1.54, 1.807) is 12.1 Å². The van der Waals surface area contributed by atoms with Crippen LogP contribution in [0.1, 0.15) is 35.3 Å². The number of nitrogens with one attached hydrogen (secondary N) is 2. The lowest BCUT2D eigenvalue weighted by Crippen LogP contribution is -2.42. The quantitative estimate of drug-likeness (QED) is 0.397. The van der Waals surface area contributed by atoms with Gasteiger partial charge in [0.25, 0.3) is 5.91 Å². The van der Waals surface area contributed by atoms with Crippen LogP contribution in [0.3, 0.4) is 0 Å². The molecule has 5 rings (SSSR count). The Morgan fingerprint density at radius 3 is 2.67 bits per heavy atom. The molecule has 0 atom stereocenters. The first kappa shape index (κ1) is 22.7. The molecule has 33 heavy (non-hydrogen) atoms. The topological polar surface area (TPSA) is 70.2 Å². The molecule has 0 fully saturated rings. The van der Waals surface area contributed by atoms with Gasteiger partial charge in [0.05, 0.1) is 27.2 Å². The minimum absolute atomic E-state index is 0.0484. The highest BCUT2D eigenvalue weighted by Crippen LogP contribution is 2.41. The second-order valence-corrected chi connectivity index (χ2v) is 10.6. The fraction of sp³-hybridized carbons (Fsp3) is 0.261. The van der Waals surface area contributed by atoms with Crippen LogP contribution in [-0.4, -0.2) is 28.3 Å². The van der Waals surface area contributed by atoms with Crippen molar-refractivity contribution in [1.82, 2.24) is 15.3 Å². The lowest BCUT2D eigenvalue weighted by atomic mass is 9.85. The molecule has 0 unspecified atom stereocenters. The minimum Gasteiger partial charge on any atom is -0.324 e. The second kappa shape index (κ2) is 8.64. The summed E-state index contributed by atoms with van der Waals surface area (Å²) in [5.74, 6) is 0.507. The van der Waals surface area contributed by atoms with Crippen molar-refractivity contribution in [2.75, 3.05) is 22.6 Å². The van der Waals surface area contributed by atoms with Crippen molar-refractivity contribution in [1.29, 1.82) is 0 Å². The number of nitrogens with zero attached hydrogens (tertiary/aromatic N) is 3. The van der Waals surface area contributed by atoms with E-state index in [4.69, 9.17) is 34.8 Å². The zero-order chi connectivity index (χ0) is 23.3. The fourth-order valence-electron chi connectivity index (χ4n) is 4.19. The third-order valence-corrected chi connectivity index (χ3v) is 7.57. The average molecular weight is 521 g/mol. The SMILES string of the molecule is CC1(C)NCCc2cc(Nc3ncc4c(n3)SCN(c3c(Cl)cc(Cl)cc3Cl)C4=O)ccc21. The van der Waals surface area contributed by atoms with E-state index in [2.05, 4.69) is 46.6 Å². The third-order valence-electron chi connectivity index (χ3n) is 5.81. The Balaban J connectivity index is 1.40. The Hall–Kier alpha value is -2.03. The standard InChI is InChI=1S/C23H20Cl3N5OS/c1-23(2)16-4-3-14(7-12(16)5-6-28-23)29-22-27-10-15-20(30-22)33-11-31(21(15)32)19-17(25)8-13(24)9-18(19)26/h3-4,7-10,28H,5-6,11H2,1-2H3,(H,27,29,30). The molecule has 1 amide bonds. The van der Waals surface area contributed by atoms with E-state index >= 15 is 0 Å². The van der Waals surface area contributed by atoms with E-state index in [0.717, 1.165) is 18.7 Å². The van der Waals surface area contributed by atoms with Crippen molar-refractivity contribution in [3.63, 3.8) is 0 Å². The summed E-state index contributed by atoms with van der Waals surface area (Å²) in [4.78, 5) is 23.6. The van der Waals surface area contributed by atoms with Crippen LogP contribution in [0.4, 0.5) is 17.3 Å². The number of rotatable bonds is 3. The normalized spacial score (nSPS) is 16.9. The Morgan fingerprint density at radius 1 is 1.15 bits per heavy atom. The molecule has 2 aliphatic rings. The summed E-state index contributed by atoms with van der Waals surface area (Å²) < 4.78 is 0. The fourth-order valence-corrected chi connectivity index (χ4v) is 6.16. The molecule has 1 aromatic heterocycles. The average Bonchev–Trinajstić information content (AvgIpc) is 2.74. The summed E-state index contributed by atoms with van der Waals surface area (Å²) >= 11 is 20.1. The first-order valence-corrected chi connectivity index (χ1v) is 12.5. The Bertz CT molecular complexity index is 1260. The summed E-state index contributed by atoms with van der Waals surface area (Å²) in [6.45, 7) is 5.31. The van der Waals surface area contributed by atoms with Gasteiger partial charge in [-0.05, 0) is 62.2 Å². The number of fused-ring (bicyclic) bond motifs is 2. The Labute approximate surface area is 211 Å². The van der Waals surface area contributed by atoms with Crippen LogP contribution in [0.5, 0.6) is 0 Å². The van der Waals surface area contributed by atoms with Gasteiger partial charge in [0.1, 0.15) is 5.03 Å². The maximum atomic E-state index is 13.2. The molecule has 3 heterocycles. The molecule has 2 N–H and O–H groups in total. The smallest absolute Gasteiger partial charge is 0.263 e. The number of hydrogen-bond acceptors (Lipinski definition) is 6. The summed E-state index contributed by atoms with van der Waals surface area (Å²) in [5, 5.41) is 8.46. The zero-order valence-corrected chi connectivity index (χ0v) is 21.0. The number of aromatic nitrogens is 2. The Kier molecular flexibility index (Phi) is 5.95. The predicted molar refractivity (Wildman–Crippen MR) is 135 cm³/mol. The highest BCUT2D eigenvalue weighted by atomic mass is 35.5. The number of carbonyl (C=O) groups is 1. The van der Waals surface area contributed by atoms with Gasteiger partial charge >= 0.3 is 0 Å². The van der Waals surface area contributed by atoms with Gasteiger partial charge in [-0.3, -0.25) is 9.69 Å². The van der Waals surface area contributed by atoms with E-state index in [0.29, 0.717) is 43.2 Å². The molecule has 2 aliphatic heterocycles. The molecule has 0 spiro atoms. The highest BCUT2D eigenvalue weighted by Gasteiger charge is 2.31. The number of amides is 1.